The van der Waals surface area contributed by atoms with Crippen LogP contribution in [0, 0.1) is 17.1 Å². The summed E-state index contributed by atoms with van der Waals surface area (Å²) >= 11 is 0. The molecular weight excluding hydrogens is 381 g/mol. The highest BCUT2D eigenvalue weighted by molar-refractivity contribution is 5.87. The third kappa shape index (κ3) is 2.84. The predicted octanol–water partition coefficient (Wildman–Crippen LogP) is 4.45. The molecule has 6 nitrogen and oxygen atoms in total. The lowest BCUT2D eigenvalue weighted by atomic mass is 9.91. The summed E-state index contributed by atoms with van der Waals surface area (Å²) in [6.07, 6.45) is 5.08. The van der Waals surface area contributed by atoms with Crippen LogP contribution in [0.1, 0.15) is 41.8 Å². The Hall–Kier alpha value is -3.66. The van der Waals surface area contributed by atoms with E-state index in [0.717, 1.165) is 45.4 Å². The van der Waals surface area contributed by atoms with Crippen molar-refractivity contribution in [3.8, 4) is 22.9 Å². The number of aryl methyl sites for hydroxylation is 2. The minimum Gasteiger partial charge on any atom is -0.493 e. The lowest BCUT2D eigenvalue weighted by molar-refractivity contribution is 0.306. The number of pyridine rings is 1. The van der Waals surface area contributed by atoms with Crippen molar-refractivity contribution in [2.24, 2.45) is 7.05 Å². The number of H-pyrrole nitrogens is 1. The fraction of sp³-hybridized carbons (Fsp3) is 0.261. The fourth-order valence-corrected chi connectivity index (χ4v) is 4.28. The van der Waals surface area contributed by atoms with Gasteiger partial charge in [-0.25, -0.2) is 9.37 Å². The summed E-state index contributed by atoms with van der Waals surface area (Å²) in [6.45, 7) is 2.51. The van der Waals surface area contributed by atoms with Crippen LogP contribution in [0.2, 0.25) is 0 Å². The first kappa shape index (κ1) is 18.4. The summed E-state index contributed by atoms with van der Waals surface area (Å²) in [5, 5.41) is 15.2. The smallest absolute Gasteiger partial charge is 0.146 e. The second-order valence-electron chi connectivity index (χ2n) is 7.63. The normalized spacial score (nSPS) is 16.0. The molecule has 0 spiro atoms. The Labute approximate surface area is 172 Å². The van der Waals surface area contributed by atoms with Crippen molar-refractivity contribution in [2.45, 2.75) is 25.7 Å². The molecular formula is C23H20FN5O. The van der Waals surface area contributed by atoms with Crippen LogP contribution < -0.4 is 4.74 Å². The first-order valence-electron chi connectivity index (χ1n) is 9.92. The summed E-state index contributed by atoms with van der Waals surface area (Å²) in [5.74, 6) is 0.287. The number of aromatic amines is 1. The maximum Gasteiger partial charge on any atom is 0.146 e. The van der Waals surface area contributed by atoms with Gasteiger partial charge in [0.1, 0.15) is 29.0 Å². The third-order valence-electron chi connectivity index (χ3n) is 5.80. The lowest BCUT2D eigenvalue weighted by Crippen LogP contribution is -2.05. The number of halogens is 1. The number of nitrogens with one attached hydrogen (secondary N) is 1. The molecule has 0 unspecified atom stereocenters. The van der Waals surface area contributed by atoms with E-state index in [4.69, 9.17) is 4.74 Å². The van der Waals surface area contributed by atoms with Crippen LogP contribution in [-0.4, -0.2) is 26.4 Å². The Balaban J connectivity index is 1.77. The van der Waals surface area contributed by atoms with E-state index in [1.54, 1.807) is 30.1 Å². The zero-order valence-electron chi connectivity index (χ0n) is 16.7. The van der Waals surface area contributed by atoms with Crippen molar-refractivity contribution >= 4 is 11.0 Å². The Morgan fingerprint density at radius 3 is 3.00 bits per heavy atom. The molecule has 5 rings (SSSR count). The molecule has 7 heteroatoms. The molecule has 0 aliphatic carbocycles. The van der Waals surface area contributed by atoms with Crippen molar-refractivity contribution < 1.29 is 9.13 Å². The van der Waals surface area contributed by atoms with Gasteiger partial charge >= 0.3 is 0 Å². The second kappa shape index (κ2) is 6.99. The molecule has 1 aliphatic rings. The number of benzene rings is 1. The molecule has 4 aromatic rings. The highest BCUT2D eigenvalue weighted by Crippen LogP contribution is 2.38. The minimum atomic E-state index is -0.289. The molecule has 0 radical (unpaired) electrons. The molecule has 4 heterocycles. The number of ether oxygens (including phenoxy) is 1. The van der Waals surface area contributed by atoms with Gasteiger partial charge < -0.3 is 9.72 Å². The van der Waals surface area contributed by atoms with Gasteiger partial charge in [-0.2, -0.15) is 10.4 Å². The van der Waals surface area contributed by atoms with Crippen molar-refractivity contribution in [3.63, 3.8) is 0 Å². The van der Waals surface area contributed by atoms with Crippen molar-refractivity contribution in [1.29, 1.82) is 5.26 Å². The van der Waals surface area contributed by atoms with Gasteiger partial charge in [-0.1, -0.05) is 6.92 Å². The largest absolute Gasteiger partial charge is 0.493 e. The number of fused-ring (bicyclic) bond motifs is 4. The number of nitriles is 1. The quantitative estimate of drug-likeness (QED) is 0.472. The molecule has 3 aromatic heterocycles. The first-order chi connectivity index (χ1) is 14.6. The number of hydrogen-bond donors (Lipinski definition) is 1. The van der Waals surface area contributed by atoms with E-state index >= 15 is 0 Å². The van der Waals surface area contributed by atoms with Crippen LogP contribution >= 0.6 is 0 Å². The van der Waals surface area contributed by atoms with Gasteiger partial charge in [0.25, 0.3) is 0 Å². The summed E-state index contributed by atoms with van der Waals surface area (Å²) in [4.78, 5) is 7.80. The Morgan fingerprint density at radius 2 is 2.17 bits per heavy atom. The van der Waals surface area contributed by atoms with Gasteiger partial charge in [0.15, 0.2) is 0 Å². The van der Waals surface area contributed by atoms with E-state index in [1.165, 1.54) is 6.07 Å². The SMILES string of the molecule is C[C@@H]1c2cc(F)ccc2OCCCc2nn(C)c(C#N)c2-c2cnc3[nH]cc1c3c2. The fourth-order valence-electron chi connectivity index (χ4n) is 4.28. The lowest BCUT2D eigenvalue weighted by Gasteiger charge is -2.17. The number of rotatable bonds is 0. The molecule has 1 N–H and O–H groups in total. The highest BCUT2D eigenvalue weighted by Gasteiger charge is 2.23. The van der Waals surface area contributed by atoms with E-state index in [1.807, 2.05) is 19.2 Å². The van der Waals surface area contributed by atoms with Crippen LogP contribution in [0.4, 0.5) is 4.39 Å². The predicted molar refractivity (Wildman–Crippen MR) is 111 cm³/mol. The number of nitrogens with zero attached hydrogens (tertiary/aromatic N) is 4. The molecule has 150 valence electrons. The van der Waals surface area contributed by atoms with Gasteiger partial charge in [0.05, 0.1) is 12.3 Å². The molecule has 1 aliphatic heterocycles. The van der Waals surface area contributed by atoms with Gasteiger partial charge in [0, 0.05) is 47.4 Å². The molecule has 2 bridgehead atoms. The van der Waals surface area contributed by atoms with E-state index < -0.39 is 0 Å². The third-order valence-corrected chi connectivity index (χ3v) is 5.80. The average molecular weight is 401 g/mol. The summed E-state index contributed by atoms with van der Waals surface area (Å²) in [5.41, 5.74) is 5.58. The summed E-state index contributed by atoms with van der Waals surface area (Å²) in [6, 6.07) is 8.98. The average Bonchev–Trinajstić information content (AvgIpc) is 3.30. The van der Waals surface area contributed by atoms with Crippen molar-refractivity contribution in [3.05, 3.63) is 65.0 Å². The van der Waals surface area contributed by atoms with Gasteiger partial charge in [-0.05, 0) is 42.7 Å². The monoisotopic (exact) mass is 401 g/mol. The van der Waals surface area contributed by atoms with Crippen molar-refractivity contribution in [2.75, 3.05) is 6.61 Å². The molecule has 1 atom stereocenters. The van der Waals surface area contributed by atoms with Crippen LogP contribution in [0.3, 0.4) is 0 Å². The molecule has 0 fully saturated rings. The Kier molecular flexibility index (Phi) is 4.28. The molecule has 1 aromatic carbocycles. The van der Waals surface area contributed by atoms with Crippen LogP contribution in [-0.2, 0) is 13.5 Å². The van der Waals surface area contributed by atoms with Crippen molar-refractivity contribution in [1.82, 2.24) is 19.7 Å². The van der Waals surface area contributed by atoms with Gasteiger partial charge in [-0.15, -0.1) is 0 Å². The van der Waals surface area contributed by atoms with Crippen LogP contribution in [0.5, 0.6) is 5.75 Å². The van der Waals surface area contributed by atoms with E-state index in [-0.39, 0.29) is 11.7 Å². The zero-order chi connectivity index (χ0) is 20.8. The summed E-state index contributed by atoms with van der Waals surface area (Å²) < 4.78 is 21.7. The molecule has 0 saturated carbocycles. The number of aromatic nitrogens is 4. The summed E-state index contributed by atoms with van der Waals surface area (Å²) in [7, 11) is 1.78. The van der Waals surface area contributed by atoms with Crippen LogP contribution in [0.25, 0.3) is 22.2 Å². The molecule has 0 amide bonds. The van der Waals surface area contributed by atoms with E-state index in [0.29, 0.717) is 24.5 Å². The van der Waals surface area contributed by atoms with Gasteiger partial charge in [-0.3, -0.25) is 4.68 Å². The Morgan fingerprint density at radius 1 is 1.30 bits per heavy atom. The zero-order valence-corrected chi connectivity index (χ0v) is 16.7. The first-order valence-corrected chi connectivity index (χ1v) is 9.92. The number of hydrogen-bond acceptors (Lipinski definition) is 4. The maximum atomic E-state index is 14.1. The minimum absolute atomic E-state index is 0.106. The second-order valence-corrected chi connectivity index (χ2v) is 7.63. The molecule has 0 saturated heterocycles. The van der Waals surface area contributed by atoms with Gasteiger partial charge in [0.2, 0.25) is 0 Å². The Bertz CT molecular complexity index is 1310. The van der Waals surface area contributed by atoms with Crippen LogP contribution in [0.15, 0.2) is 36.7 Å². The topological polar surface area (TPSA) is 79.5 Å². The van der Waals surface area contributed by atoms with E-state index in [2.05, 4.69) is 21.1 Å². The highest BCUT2D eigenvalue weighted by atomic mass is 19.1. The molecule has 30 heavy (non-hydrogen) atoms. The van der Waals surface area contributed by atoms with E-state index in [9.17, 15) is 9.65 Å². The maximum absolute atomic E-state index is 14.1. The standard InChI is InChI=1S/C23H20FN5O/c1-13-16-9-15(24)5-6-21(16)30-7-3-4-19-22(20(10-25)29(2)28-19)14-8-17-18(13)12-27-23(17)26-11-14/h5-6,8-9,11-13H,3-4,7H2,1-2H3,(H,26,27)/t13-/m1/s1.